The summed E-state index contributed by atoms with van der Waals surface area (Å²) < 4.78 is 28.8. The number of carbonyl (C=O) groups excluding carboxylic acids is 1. The topological polar surface area (TPSA) is 197 Å². The molecule has 2 heterocycles. The van der Waals surface area contributed by atoms with Crippen molar-refractivity contribution in [3.05, 3.63) is 0 Å². The maximum Gasteiger partial charge on any atom is 0.217 e. The summed E-state index contributed by atoms with van der Waals surface area (Å²) in [7, 11) is 0. The molecule has 0 spiro atoms. The van der Waals surface area contributed by atoms with Gasteiger partial charge in [0.15, 0.2) is 12.6 Å². The molecular weight excluding hydrogens is 506 g/mol. The largest absolute Gasteiger partial charge is 0.394 e. The first-order chi connectivity index (χ1) is 18.1. The first kappa shape index (κ1) is 33.2. The molecule has 2 rings (SSSR count). The average molecular weight is 554 g/mol. The van der Waals surface area contributed by atoms with E-state index in [0.717, 1.165) is 32.1 Å². The van der Waals surface area contributed by atoms with Crippen LogP contribution in [-0.2, 0) is 28.5 Å². The zero-order chi connectivity index (χ0) is 28.2. The van der Waals surface area contributed by atoms with Crippen molar-refractivity contribution in [3.8, 4) is 0 Å². The third kappa shape index (κ3) is 9.89. The minimum Gasteiger partial charge on any atom is -0.394 e. The van der Waals surface area contributed by atoms with Crippen LogP contribution in [0.15, 0.2) is 0 Å². The van der Waals surface area contributed by atoms with Crippen LogP contribution in [0.4, 0.5) is 0 Å². The van der Waals surface area contributed by atoms with Crippen LogP contribution in [0, 0.1) is 0 Å². The van der Waals surface area contributed by atoms with Gasteiger partial charge in [-0.1, -0.05) is 39.0 Å². The zero-order valence-electron chi connectivity index (χ0n) is 22.6. The van der Waals surface area contributed by atoms with Crippen molar-refractivity contribution in [2.45, 2.75) is 127 Å². The molecular formula is C25H47NO12. The first-order valence-corrected chi connectivity index (χ1v) is 13.5. The zero-order valence-corrected chi connectivity index (χ0v) is 22.6. The van der Waals surface area contributed by atoms with E-state index in [1.165, 1.54) is 20.3 Å². The molecule has 0 radical (unpaired) electrons. The third-order valence-corrected chi connectivity index (χ3v) is 6.73. The van der Waals surface area contributed by atoms with Gasteiger partial charge in [-0.3, -0.25) is 4.79 Å². The number of carbonyl (C=O) groups is 1. The summed E-state index contributed by atoms with van der Waals surface area (Å²) in [6.45, 7) is 4.33. The third-order valence-electron chi connectivity index (χ3n) is 6.73. The lowest BCUT2D eigenvalue weighted by Crippen LogP contribution is -2.67. The Morgan fingerprint density at radius 1 is 0.947 bits per heavy atom. The molecule has 0 saturated carbocycles. The lowest BCUT2D eigenvalue weighted by molar-refractivity contribution is -0.341. The molecule has 224 valence electrons. The molecule has 0 aromatic heterocycles. The second-order valence-corrected chi connectivity index (χ2v) is 10.1. The van der Waals surface area contributed by atoms with E-state index in [9.17, 15) is 30.3 Å². The second-order valence-electron chi connectivity index (χ2n) is 10.1. The van der Waals surface area contributed by atoms with Crippen molar-refractivity contribution >= 4 is 5.91 Å². The van der Waals surface area contributed by atoms with Gasteiger partial charge in [0.05, 0.1) is 25.9 Å². The van der Waals surface area contributed by atoms with Gasteiger partial charge < -0.3 is 59.6 Å². The molecule has 0 bridgehead atoms. The molecule has 2 aliphatic heterocycles. The van der Waals surface area contributed by atoms with Crippen molar-refractivity contribution in [1.29, 1.82) is 0 Å². The molecule has 7 N–H and O–H groups in total. The van der Waals surface area contributed by atoms with Crippen LogP contribution in [0.2, 0.25) is 0 Å². The van der Waals surface area contributed by atoms with Crippen LogP contribution in [0.3, 0.4) is 0 Å². The SMILES string of the molecule is CCCCCCCCO[C@H]1O[C@H](COC[C@H](O)CO)[C@@H](O)[C@H](O[C@@H]2O[C@@H](C)[C@@H](O)[C@@H](O)[C@@H]2O)[C@H]1NC(C)=O. The average Bonchev–Trinajstić information content (AvgIpc) is 2.88. The summed E-state index contributed by atoms with van der Waals surface area (Å²) in [5, 5.41) is 63.1. The normalized spacial score (nSPS) is 36.7. The van der Waals surface area contributed by atoms with E-state index in [-0.39, 0.29) is 13.2 Å². The van der Waals surface area contributed by atoms with Gasteiger partial charge in [0, 0.05) is 13.5 Å². The van der Waals surface area contributed by atoms with E-state index in [1.807, 2.05) is 0 Å². The Morgan fingerprint density at radius 3 is 2.29 bits per heavy atom. The lowest BCUT2D eigenvalue weighted by atomic mass is 9.95. The fraction of sp³-hybridized carbons (Fsp3) is 0.960. The number of hydrogen-bond donors (Lipinski definition) is 7. The van der Waals surface area contributed by atoms with Crippen LogP contribution in [0.1, 0.15) is 59.3 Å². The summed E-state index contributed by atoms with van der Waals surface area (Å²) in [4.78, 5) is 12.1. The van der Waals surface area contributed by atoms with Gasteiger partial charge in [-0.15, -0.1) is 0 Å². The quantitative estimate of drug-likeness (QED) is 0.110. The van der Waals surface area contributed by atoms with Gasteiger partial charge >= 0.3 is 0 Å². The fourth-order valence-electron chi connectivity index (χ4n) is 4.48. The summed E-state index contributed by atoms with van der Waals surface area (Å²) in [5.41, 5.74) is 0. The minimum atomic E-state index is -1.63. The predicted octanol–water partition coefficient (Wildman–Crippen LogP) is -1.46. The number of nitrogens with one attached hydrogen (secondary N) is 1. The van der Waals surface area contributed by atoms with Crippen molar-refractivity contribution < 1.29 is 59.1 Å². The lowest BCUT2D eigenvalue weighted by Gasteiger charge is -2.47. The fourth-order valence-corrected chi connectivity index (χ4v) is 4.48. The van der Waals surface area contributed by atoms with Gasteiger partial charge in [-0.25, -0.2) is 0 Å². The minimum absolute atomic E-state index is 0.201. The molecule has 0 aromatic rings. The van der Waals surface area contributed by atoms with Gasteiger partial charge in [-0.05, 0) is 13.3 Å². The van der Waals surface area contributed by atoms with Crippen molar-refractivity contribution in [3.63, 3.8) is 0 Å². The number of amides is 1. The highest BCUT2D eigenvalue weighted by molar-refractivity contribution is 5.73. The summed E-state index contributed by atoms with van der Waals surface area (Å²) in [5.74, 6) is -0.442. The number of aliphatic hydroxyl groups excluding tert-OH is 6. The van der Waals surface area contributed by atoms with E-state index in [0.29, 0.717) is 6.61 Å². The Kier molecular flexibility index (Phi) is 14.9. The Bertz CT molecular complexity index is 672. The predicted molar refractivity (Wildman–Crippen MR) is 133 cm³/mol. The van der Waals surface area contributed by atoms with Crippen LogP contribution < -0.4 is 5.32 Å². The monoisotopic (exact) mass is 553 g/mol. The molecule has 2 saturated heterocycles. The Morgan fingerprint density at radius 2 is 1.63 bits per heavy atom. The number of ether oxygens (including phenoxy) is 5. The van der Waals surface area contributed by atoms with Crippen molar-refractivity contribution in [1.82, 2.24) is 5.32 Å². The standard InChI is InChI=1S/C25H47NO12/c1-4-5-6-7-8-9-10-35-24-18(26-15(3)28)23(20(31)17(37-24)13-34-12-16(29)11-27)38-25-22(33)21(32)19(30)14(2)36-25/h14,16-25,27,29-33H,4-13H2,1-3H3,(H,26,28)/t14-,16+,17+,18+,19+,20+,21+,22-,23+,24-,25-/m0/s1. The van der Waals surface area contributed by atoms with Gasteiger partial charge in [0.2, 0.25) is 5.91 Å². The maximum absolute atomic E-state index is 12.1. The van der Waals surface area contributed by atoms with Gasteiger partial charge in [0.25, 0.3) is 0 Å². The summed E-state index contributed by atoms with van der Waals surface area (Å²) in [6, 6.07) is -1.02. The first-order valence-electron chi connectivity index (χ1n) is 13.5. The van der Waals surface area contributed by atoms with Crippen LogP contribution in [0.5, 0.6) is 0 Å². The molecule has 1 amide bonds. The van der Waals surface area contributed by atoms with Crippen LogP contribution in [-0.4, -0.2) is 130 Å². The van der Waals surface area contributed by atoms with Gasteiger partial charge in [0.1, 0.15) is 48.8 Å². The molecule has 11 atom stereocenters. The molecule has 0 aromatic carbocycles. The number of hydrogen-bond acceptors (Lipinski definition) is 12. The molecule has 13 heteroatoms. The smallest absolute Gasteiger partial charge is 0.217 e. The van der Waals surface area contributed by atoms with E-state index >= 15 is 0 Å². The molecule has 0 unspecified atom stereocenters. The highest BCUT2D eigenvalue weighted by Crippen LogP contribution is 2.30. The second kappa shape index (κ2) is 17.0. The maximum atomic E-state index is 12.1. The highest BCUT2D eigenvalue weighted by Gasteiger charge is 2.51. The highest BCUT2D eigenvalue weighted by atomic mass is 16.7. The van der Waals surface area contributed by atoms with Crippen LogP contribution >= 0.6 is 0 Å². The Hall–Kier alpha value is -0.970. The molecule has 13 nitrogen and oxygen atoms in total. The van der Waals surface area contributed by atoms with E-state index in [2.05, 4.69) is 12.2 Å². The molecule has 2 fully saturated rings. The van der Waals surface area contributed by atoms with Gasteiger partial charge in [-0.2, -0.15) is 0 Å². The Labute approximate surface area is 224 Å². The summed E-state index contributed by atoms with van der Waals surface area (Å²) >= 11 is 0. The molecule has 2 aliphatic rings. The number of rotatable bonds is 16. The number of aliphatic hydroxyl groups is 6. The van der Waals surface area contributed by atoms with Crippen molar-refractivity contribution in [2.24, 2.45) is 0 Å². The molecule has 38 heavy (non-hydrogen) atoms. The Balaban J connectivity index is 2.17. The van der Waals surface area contributed by atoms with Crippen LogP contribution in [0.25, 0.3) is 0 Å². The van der Waals surface area contributed by atoms with E-state index < -0.39 is 80.0 Å². The van der Waals surface area contributed by atoms with E-state index in [1.54, 1.807) is 0 Å². The van der Waals surface area contributed by atoms with Crippen molar-refractivity contribution in [2.75, 3.05) is 26.4 Å². The number of unbranched alkanes of at least 4 members (excludes halogenated alkanes) is 5. The molecule has 0 aliphatic carbocycles. The van der Waals surface area contributed by atoms with E-state index in [4.69, 9.17) is 28.8 Å². The summed E-state index contributed by atoms with van der Waals surface area (Å²) in [6.07, 6.45) is -6.49.